The molecule has 1 aromatic rings. The minimum atomic E-state index is 0.0386. The summed E-state index contributed by atoms with van der Waals surface area (Å²) in [5.41, 5.74) is 2.08. The number of carbonyl (C=O) groups excluding carboxylic acids is 1. The molecule has 2 N–H and O–H groups in total. The predicted octanol–water partition coefficient (Wildman–Crippen LogP) is 1.87. The van der Waals surface area contributed by atoms with E-state index in [0.29, 0.717) is 13.1 Å². The SMILES string of the molecule is C=CCNC(=S)N1CCN(CC(=O)Nc2ccccc2CC)CC1. The number of carbonyl (C=O) groups is 1. The van der Waals surface area contributed by atoms with Crippen LogP contribution in [-0.2, 0) is 11.2 Å². The van der Waals surface area contributed by atoms with Gasteiger partial charge in [-0.15, -0.1) is 6.58 Å². The van der Waals surface area contributed by atoms with Crippen LogP contribution in [0, 0.1) is 0 Å². The Bertz CT molecular complexity index is 582. The highest BCUT2D eigenvalue weighted by Gasteiger charge is 2.20. The van der Waals surface area contributed by atoms with Crippen molar-refractivity contribution >= 4 is 28.9 Å². The summed E-state index contributed by atoms with van der Waals surface area (Å²) in [4.78, 5) is 16.6. The number of hydrogen-bond acceptors (Lipinski definition) is 3. The van der Waals surface area contributed by atoms with E-state index in [0.717, 1.165) is 49.0 Å². The van der Waals surface area contributed by atoms with Crippen molar-refractivity contribution in [1.82, 2.24) is 15.1 Å². The van der Waals surface area contributed by atoms with Crippen LogP contribution in [0.15, 0.2) is 36.9 Å². The van der Waals surface area contributed by atoms with E-state index in [2.05, 4.69) is 33.9 Å². The minimum absolute atomic E-state index is 0.0386. The van der Waals surface area contributed by atoms with Crippen LogP contribution in [0.25, 0.3) is 0 Å². The molecule has 1 amide bonds. The second-order valence-electron chi connectivity index (χ2n) is 5.80. The Hall–Kier alpha value is -1.92. The Morgan fingerprint density at radius 3 is 2.67 bits per heavy atom. The molecule has 130 valence electrons. The summed E-state index contributed by atoms with van der Waals surface area (Å²) in [5, 5.41) is 6.93. The third-order valence-corrected chi connectivity index (χ3v) is 4.50. The number of para-hydroxylation sites is 1. The largest absolute Gasteiger partial charge is 0.359 e. The van der Waals surface area contributed by atoms with Crippen molar-refractivity contribution in [2.45, 2.75) is 13.3 Å². The highest BCUT2D eigenvalue weighted by molar-refractivity contribution is 7.80. The zero-order valence-corrected chi connectivity index (χ0v) is 15.1. The molecule has 1 heterocycles. The van der Waals surface area contributed by atoms with Crippen LogP contribution in [0.5, 0.6) is 0 Å². The number of hydrogen-bond donors (Lipinski definition) is 2. The van der Waals surface area contributed by atoms with Gasteiger partial charge in [-0.3, -0.25) is 9.69 Å². The molecule has 24 heavy (non-hydrogen) atoms. The summed E-state index contributed by atoms with van der Waals surface area (Å²) in [6.45, 7) is 10.2. The predicted molar refractivity (Wildman–Crippen MR) is 103 cm³/mol. The summed E-state index contributed by atoms with van der Waals surface area (Å²) in [6.07, 6.45) is 2.70. The van der Waals surface area contributed by atoms with Gasteiger partial charge in [0.1, 0.15) is 0 Å². The fourth-order valence-electron chi connectivity index (χ4n) is 2.72. The summed E-state index contributed by atoms with van der Waals surface area (Å²) >= 11 is 5.35. The van der Waals surface area contributed by atoms with E-state index in [-0.39, 0.29) is 5.91 Å². The van der Waals surface area contributed by atoms with Gasteiger partial charge in [-0.05, 0) is 30.3 Å². The second kappa shape index (κ2) is 9.39. The molecule has 2 rings (SSSR count). The van der Waals surface area contributed by atoms with Crippen LogP contribution in [0.2, 0.25) is 0 Å². The van der Waals surface area contributed by atoms with E-state index >= 15 is 0 Å². The number of aryl methyl sites for hydroxylation is 1. The van der Waals surface area contributed by atoms with Crippen LogP contribution in [0.3, 0.4) is 0 Å². The highest BCUT2D eigenvalue weighted by atomic mass is 32.1. The molecule has 5 nitrogen and oxygen atoms in total. The second-order valence-corrected chi connectivity index (χ2v) is 6.18. The molecule has 0 spiro atoms. The summed E-state index contributed by atoms with van der Waals surface area (Å²) in [6, 6.07) is 7.95. The molecule has 0 atom stereocenters. The molecule has 0 unspecified atom stereocenters. The average Bonchev–Trinajstić information content (AvgIpc) is 2.60. The quantitative estimate of drug-likeness (QED) is 0.608. The maximum absolute atomic E-state index is 12.3. The van der Waals surface area contributed by atoms with Gasteiger partial charge in [0, 0.05) is 38.4 Å². The number of anilines is 1. The fraction of sp³-hybridized carbons (Fsp3) is 0.444. The van der Waals surface area contributed by atoms with Crippen LogP contribution >= 0.6 is 12.2 Å². The summed E-state index contributed by atoms with van der Waals surface area (Å²) in [5.74, 6) is 0.0386. The number of nitrogens with one attached hydrogen (secondary N) is 2. The molecule has 0 aliphatic carbocycles. The number of thiocarbonyl (C=S) groups is 1. The molecule has 1 aliphatic rings. The standard InChI is InChI=1S/C18H26N4OS/c1-3-9-19-18(24)22-12-10-21(11-13-22)14-17(23)20-16-8-6-5-7-15(16)4-2/h3,5-8H,1,4,9-14H2,2H3,(H,19,24)(H,20,23). The smallest absolute Gasteiger partial charge is 0.238 e. The van der Waals surface area contributed by atoms with Gasteiger partial charge in [-0.1, -0.05) is 31.2 Å². The van der Waals surface area contributed by atoms with E-state index in [1.165, 1.54) is 0 Å². The molecule has 6 heteroatoms. The lowest BCUT2D eigenvalue weighted by molar-refractivity contribution is -0.117. The normalized spacial score (nSPS) is 15.0. The Morgan fingerprint density at radius 2 is 2.00 bits per heavy atom. The van der Waals surface area contributed by atoms with Crippen LogP contribution < -0.4 is 10.6 Å². The minimum Gasteiger partial charge on any atom is -0.359 e. The molecule has 1 fully saturated rings. The van der Waals surface area contributed by atoms with E-state index < -0.39 is 0 Å². The maximum atomic E-state index is 12.3. The van der Waals surface area contributed by atoms with Gasteiger partial charge in [0.15, 0.2) is 5.11 Å². The monoisotopic (exact) mass is 346 g/mol. The first-order valence-corrected chi connectivity index (χ1v) is 8.78. The number of piperazine rings is 1. The molecule has 1 aromatic carbocycles. The summed E-state index contributed by atoms with van der Waals surface area (Å²) in [7, 11) is 0. The van der Waals surface area contributed by atoms with Crippen molar-refractivity contribution in [2.75, 3.05) is 44.6 Å². The van der Waals surface area contributed by atoms with E-state index in [4.69, 9.17) is 12.2 Å². The van der Waals surface area contributed by atoms with Crippen molar-refractivity contribution in [3.63, 3.8) is 0 Å². The third-order valence-electron chi connectivity index (χ3n) is 4.10. The maximum Gasteiger partial charge on any atom is 0.238 e. The zero-order valence-electron chi connectivity index (χ0n) is 14.3. The Kier molecular flexibility index (Phi) is 7.21. The number of rotatable bonds is 6. The van der Waals surface area contributed by atoms with Crippen molar-refractivity contribution in [1.29, 1.82) is 0 Å². The van der Waals surface area contributed by atoms with Crippen molar-refractivity contribution in [3.05, 3.63) is 42.5 Å². The fourth-order valence-corrected chi connectivity index (χ4v) is 2.99. The van der Waals surface area contributed by atoms with Gasteiger partial charge >= 0.3 is 0 Å². The van der Waals surface area contributed by atoms with Gasteiger partial charge < -0.3 is 15.5 Å². The third kappa shape index (κ3) is 5.32. The molecule has 1 saturated heterocycles. The molecule has 1 aliphatic heterocycles. The first-order chi connectivity index (χ1) is 11.6. The highest BCUT2D eigenvalue weighted by Crippen LogP contribution is 2.15. The lowest BCUT2D eigenvalue weighted by Gasteiger charge is -2.35. The number of amides is 1. The first kappa shape index (κ1) is 18.4. The van der Waals surface area contributed by atoms with Gasteiger partial charge in [0.2, 0.25) is 5.91 Å². The number of benzene rings is 1. The average molecular weight is 347 g/mol. The summed E-state index contributed by atoms with van der Waals surface area (Å²) < 4.78 is 0. The van der Waals surface area contributed by atoms with Gasteiger partial charge in [-0.25, -0.2) is 0 Å². The lowest BCUT2D eigenvalue weighted by Crippen LogP contribution is -2.52. The lowest BCUT2D eigenvalue weighted by atomic mass is 10.1. The molecule has 0 aromatic heterocycles. The molecule has 0 saturated carbocycles. The van der Waals surface area contributed by atoms with Crippen molar-refractivity contribution < 1.29 is 4.79 Å². The molecule has 0 bridgehead atoms. The van der Waals surface area contributed by atoms with E-state index in [1.807, 2.05) is 24.3 Å². The first-order valence-electron chi connectivity index (χ1n) is 8.37. The topological polar surface area (TPSA) is 47.6 Å². The molecular formula is C18H26N4OS. The van der Waals surface area contributed by atoms with E-state index in [1.54, 1.807) is 6.08 Å². The van der Waals surface area contributed by atoms with Crippen LogP contribution in [-0.4, -0.2) is 60.1 Å². The van der Waals surface area contributed by atoms with Gasteiger partial charge in [0.05, 0.1) is 6.54 Å². The Morgan fingerprint density at radius 1 is 1.29 bits per heavy atom. The number of nitrogens with zero attached hydrogens (tertiary/aromatic N) is 2. The van der Waals surface area contributed by atoms with E-state index in [9.17, 15) is 4.79 Å². The van der Waals surface area contributed by atoms with Crippen LogP contribution in [0.1, 0.15) is 12.5 Å². The zero-order chi connectivity index (χ0) is 17.4. The Labute approximate surface area is 149 Å². The van der Waals surface area contributed by atoms with Gasteiger partial charge in [-0.2, -0.15) is 0 Å². The van der Waals surface area contributed by atoms with Crippen molar-refractivity contribution in [3.8, 4) is 0 Å². The molecular weight excluding hydrogens is 320 g/mol. The van der Waals surface area contributed by atoms with Gasteiger partial charge in [0.25, 0.3) is 0 Å². The van der Waals surface area contributed by atoms with Crippen LogP contribution in [0.4, 0.5) is 5.69 Å². The molecule has 0 radical (unpaired) electrons. The van der Waals surface area contributed by atoms with Crippen molar-refractivity contribution in [2.24, 2.45) is 0 Å². The Balaban J connectivity index is 1.78.